The van der Waals surface area contributed by atoms with Gasteiger partial charge in [0.2, 0.25) is 0 Å². The summed E-state index contributed by atoms with van der Waals surface area (Å²) < 4.78 is 11.3. The third kappa shape index (κ3) is 2.72. The number of benzene rings is 2. The second-order valence-corrected chi connectivity index (χ2v) is 7.14. The van der Waals surface area contributed by atoms with Crippen LogP contribution >= 0.6 is 0 Å². The van der Waals surface area contributed by atoms with Crippen molar-refractivity contribution in [3.63, 3.8) is 0 Å². The molecule has 0 radical (unpaired) electrons. The Bertz CT molecular complexity index is 807. The Balaban J connectivity index is 1.72. The Morgan fingerprint density at radius 1 is 1.27 bits per heavy atom. The Morgan fingerprint density at radius 2 is 2.08 bits per heavy atom. The number of fused-ring (bicyclic) bond motifs is 2. The molecule has 5 heteroatoms. The molecule has 1 N–H and O–H groups in total. The largest absolute Gasteiger partial charge is 0.493 e. The zero-order valence-corrected chi connectivity index (χ0v) is 14.9. The number of carbonyl (C=O) groups is 1. The number of para-hydroxylation sites is 1. The summed E-state index contributed by atoms with van der Waals surface area (Å²) in [7, 11) is 1.62. The van der Waals surface area contributed by atoms with Gasteiger partial charge < -0.3 is 14.6 Å². The van der Waals surface area contributed by atoms with Gasteiger partial charge in [0.05, 0.1) is 19.6 Å². The lowest BCUT2D eigenvalue weighted by Gasteiger charge is -2.38. The van der Waals surface area contributed by atoms with E-state index >= 15 is 0 Å². The highest BCUT2D eigenvalue weighted by Gasteiger charge is 2.54. The highest BCUT2D eigenvalue weighted by molar-refractivity contribution is 5.74. The highest BCUT2D eigenvalue weighted by atomic mass is 16.5. The van der Waals surface area contributed by atoms with Crippen molar-refractivity contribution in [1.29, 1.82) is 0 Å². The number of carboxylic acids is 1. The van der Waals surface area contributed by atoms with Crippen molar-refractivity contribution in [1.82, 2.24) is 4.90 Å². The van der Waals surface area contributed by atoms with Crippen LogP contribution in [0.5, 0.6) is 11.5 Å². The zero-order chi connectivity index (χ0) is 18.1. The fourth-order valence-electron chi connectivity index (χ4n) is 4.50. The molecular weight excluding hydrogens is 330 g/mol. The monoisotopic (exact) mass is 353 g/mol. The van der Waals surface area contributed by atoms with Crippen molar-refractivity contribution in [3.8, 4) is 11.5 Å². The van der Waals surface area contributed by atoms with Crippen molar-refractivity contribution < 1.29 is 19.4 Å². The third-order valence-electron chi connectivity index (χ3n) is 5.69. The maximum Gasteiger partial charge on any atom is 0.308 e. The molecule has 0 aliphatic carbocycles. The van der Waals surface area contributed by atoms with E-state index in [-0.39, 0.29) is 0 Å². The van der Waals surface area contributed by atoms with Crippen LogP contribution in [0.3, 0.4) is 0 Å². The summed E-state index contributed by atoms with van der Waals surface area (Å²) in [5.41, 5.74) is 1.72. The maximum atomic E-state index is 12.1. The molecule has 1 fully saturated rings. The molecule has 136 valence electrons. The normalized spacial score (nSPS) is 24.9. The van der Waals surface area contributed by atoms with Crippen LogP contribution in [0.25, 0.3) is 0 Å². The van der Waals surface area contributed by atoms with E-state index < -0.39 is 17.3 Å². The predicted octanol–water partition coefficient (Wildman–Crippen LogP) is 2.93. The molecule has 2 heterocycles. The lowest BCUT2D eigenvalue weighted by atomic mass is 9.69. The molecule has 0 aromatic heterocycles. The quantitative estimate of drug-likeness (QED) is 0.916. The van der Waals surface area contributed by atoms with E-state index in [9.17, 15) is 9.90 Å². The van der Waals surface area contributed by atoms with Gasteiger partial charge in [-0.15, -0.1) is 0 Å². The second kappa shape index (κ2) is 6.65. The fourth-order valence-corrected chi connectivity index (χ4v) is 4.50. The van der Waals surface area contributed by atoms with Gasteiger partial charge in [-0.05, 0) is 18.1 Å². The van der Waals surface area contributed by atoms with Crippen molar-refractivity contribution >= 4 is 5.97 Å². The first-order valence-corrected chi connectivity index (χ1v) is 8.93. The maximum absolute atomic E-state index is 12.1. The van der Waals surface area contributed by atoms with Gasteiger partial charge in [0.15, 0.2) is 11.5 Å². The molecule has 2 aliphatic heterocycles. The van der Waals surface area contributed by atoms with Crippen LogP contribution in [0, 0.1) is 5.92 Å². The van der Waals surface area contributed by atoms with Gasteiger partial charge in [-0.1, -0.05) is 42.5 Å². The van der Waals surface area contributed by atoms with E-state index in [0.717, 1.165) is 12.1 Å². The molecule has 0 amide bonds. The summed E-state index contributed by atoms with van der Waals surface area (Å²) in [6.45, 7) is 2.52. The zero-order valence-electron chi connectivity index (χ0n) is 14.9. The summed E-state index contributed by atoms with van der Waals surface area (Å²) in [4.78, 5) is 14.4. The summed E-state index contributed by atoms with van der Waals surface area (Å²) in [6, 6.07) is 16.0. The Morgan fingerprint density at radius 3 is 2.81 bits per heavy atom. The average Bonchev–Trinajstić information content (AvgIpc) is 3.01. The number of hydrogen-bond acceptors (Lipinski definition) is 4. The third-order valence-corrected chi connectivity index (χ3v) is 5.69. The Kier molecular flexibility index (Phi) is 4.32. The van der Waals surface area contributed by atoms with E-state index in [1.807, 2.05) is 36.4 Å². The van der Waals surface area contributed by atoms with Gasteiger partial charge in [-0.25, -0.2) is 0 Å². The minimum absolute atomic E-state index is 0.442. The Labute approximate surface area is 153 Å². The number of hydrogen-bond donors (Lipinski definition) is 1. The molecule has 0 saturated carbocycles. The molecular formula is C21H23NO4. The van der Waals surface area contributed by atoms with Crippen molar-refractivity contribution in [2.45, 2.75) is 18.4 Å². The number of ether oxygens (including phenoxy) is 2. The Hall–Kier alpha value is -2.53. The van der Waals surface area contributed by atoms with E-state index in [4.69, 9.17) is 9.47 Å². The van der Waals surface area contributed by atoms with Gasteiger partial charge in [0.25, 0.3) is 0 Å². The van der Waals surface area contributed by atoms with Gasteiger partial charge >= 0.3 is 5.97 Å². The lowest BCUT2D eigenvalue weighted by Crippen LogP contribution is -2.43. The summed E-state index contributed by atoms with van der Waals surface area (Å²) in [5.74, 6) is 0.179. The molecule has 26 heavy (non-hydrogen) atoms. The van der Waals surface area contributed by atoms with Crippen LogP contribution in [0.4, 0.5) is 0 Å². The highest BCUT2D eigenvalue weighted by Crippen LogP contribution is 2.51. The molecule has 2 aliphatic rings. The number of rotatable bonds is 4. The fraction of sp³-hybridized carbons (Fsp3) is 0.381. The summed E-state index contributed by atoms with van der Waals surface area (Å²) in [6.07, 6.45) is 0.704. The number of methoxy groups -OCH3 is 1. The summed E-state index contributed by atoms with van der Waals surface area (Å²) in [5, 5.41) is 9.97. The number of likely N-dealkylation sites (tertiary alicyclic amines) is 1. The van der Waals surface area contributed by atoms with Crippen molar-refractivity contribution in [2.24, 2.45) is 5.92 Å². The van der Waals surface area contributed by atoms with E-state index in [1.54, 1.807) is 7.11 Å². The van der Waals surface area contributed by atoms with Gasteiger partial charge in [-0.2, -0.15) is 0 Å². The first kappa shape index (κ1) is 16.9. The molecule has 2 aromatic carbocycles. The molecule has 5 nitrogen and oxygen atoms in total. The minimum atomic E-state index is -0.740. The van der Waals surface area contributed by atoms with Crippen molar-refractivity contribution in [3.05, 3.63) is 59.7 Å². The molecule has 2 atom stereocenters. The molecule has 2 aromatic rings. The predicted molar refractivity (Wildman–Crippen MR) is 97.6 cm³/mol. The lowest BCUT2D eigenvalue weighted by molar-refractivity contribution is -0.143. The van der Waals surface area contributed by atoms with Crippen LogP contribution in [-0.4, -0.2) is 42.8 Å². The number of nitrogens with zero attached hydrogens (tertiary/aromatic N) is 1. The minimum Gasteiger partial charge on any atom is -0.493 e. The van der Waals surface area contributed by atoms with E-state index in [0.29, 0.717) is 37.6 Å². The number of carboxylic acid groups (broad SMARTS) is 1. The van der Waals surface area contributed by atoms with Gasteiger partial charge in [0, 0.05) is 30.6 Å². The standard InChI is InChI=1S/C21H23NO4/c1-25-18-9-5-8-16-19(18)26-11-10-21(16)14-22(13-17(21)20(23)24)12-15-6-3-2-4-7-15/h2-9,17H,10-14H2,1H3,(H,23,24)/t17-,21?/m0/s1. The average molecular weight is 353 g/mol. The van der Waals surface area contributed by atoms with Crippen LogP contribution in [0.15, 0.2) is 48.5 Å². The first-order valence-electron chi connectivity index (χ1n) is 8.93. The van der Waals surface area contributed by atoms with Crippen molar-refractivity contribution in [2.75, 3.05) is 26.8 Å². The first-order chi connectivity index (χ1) is 12.6. The van der Waals surface area contributed by atoms with Gasteiger partial charge in [0.1, 0.15) is 0 Å². The topological polar surface area (TPSA) is 59.0 Å². The van der Waals surface area contributed by atoms with E-state index in [1.165, 1.54) is 5.56 Å². The smallest absolute Gasteiger partial charge is 0.308 e. The molecule has 4 rings (SSSR count). The second-order valence-electron chi connectivity index (χ2n) is 7.14. The molecule has 1 saturated heterocycles. The SMILES string of the molecule is COc1cccc2c1OCCC21CN(Cc2ccccc2)C[C@H]1C(=O)O. The van der Waals surface area contributed by atoms with Crippen LogP contribution < -0.4 is 9.47 Å². The van der Waals surface area contributed by atoms with Crippen LogP contribution in [0.1, 0.15) is 17.5 Å². The molecule has 0 bridgehead atoms. The van der Waals surface area contributed by atoms with E-state index in [2.05, 4.69) is 17.0 Å². The molecule has 1 spiro atoms. The number of aliphatic carboxylic acids is 1. The molecule has 1 unspecified atom stereocenters. The van der Waals surface area contributed by atoms with Crippen LogP contribution in [0.2, 0.25) is 0 Å². The van der Waals surface area contributed by atoms with Crippen LogP contribution in [-0.2, 0) is 16.8 Å². The summed E-state index contributed by atoms with van der Waals surface area (Å²) >= 11 is 0. The van der Waals surface area contributed by atoms with Gasteiger partial charge in [-0.3, -0.25) is 9.69 Å².